The molecular formula is C20H23NO2. The van der Waals surface area contributed by atoms with Crippen LogP contribution in [-0.2, 0) is 9.53 Å². The van der Waals surface area contributed by atoms with Crippen LogP contribution in [-0.4, -0.2) is 24.8 Å². The molecule has 3 heteroatoms. The van der Waals surface area contributed by atoms with Gasteiger partial charge in [-0.3, -0.25) is 4.99 Å². The van der Waals surface area contributed by atoms with Crippen molar-refractivity contribution in [1.82, 2.24) is 0 Å². The Morgan fingerprint density at radius 3 is 1.87 bits per heavy atom. The molecule has 0 amide bonds. The lowest BCUT2D eigenvalue weighted by molar-refractivity contribution is -0.143. The van der Waals surface area contributed by atoms with E-state index in [1.807, 2.05) is 67.6 Å². The molecule has 0 saturated carbocycles. The summed E-state index contributed by atoms with van der Waals surface area (Å²) in [7, 11) is 1.41. The average molecular weight is 309 g/mol. The fourth-order valence-corrected chi connectivity index (χ4v) is 2.40. The third-order valence-electron chi connectivity index (χ3n) is 3.99. The van der Waals surface area contributed by atoms with Gasteiger partial charge < -0.3 is 4.74 Å². The molecule has 120 valence electrons. The molecule has 0 aromatic heterocycles. The SMILES string of the molecule is CC[C@H](C)[C@H](N=C(c1ccccc1)c1ccccc1)C(=O)OC. The Bertz CT molecular complexity index is 608. The largest absolute Gasteiger partial charge is 0.467 e. The molecule has 0 aliphatic carbocycles. The number of hydrogen-bond acceptors (Lipinski definition) is 3. The minimum Gasteiger partial charge on any atom is -0.467 e. The fraction of sp³-hybridized carbons (Fsp3) is 0.300. The standard InChI is InChI=1S/C20H23NO2/c1-4-15(2)18(20(22)23-3)21-19(16-11-7-5-8-12-16)17-13-9-6-10-14-17/h5-15,18H,4H2,1-3H3/t15-,18-/m0/s1. The topological polar surface area (TPSA) is 38.7 Å². The molecule has 2 aromatic carbocycles. The Balaban J connectivity index is 2.53. The summed E-state index contributed by atoms with van der Waals surface area (Å²) in [6.45, 7) is 4.08. The molecule has 2 atom stereocenters. The van der Waals surface area contributed by atoms with Crippen LogP contribution < -0.4 is 0 Å². The first-order valence-corrected chi connectivity index (χ1v) is 7.93. The summed E-state index contributed by atoms with van der Waals surface area (Å²) >= 11 is 0. The van der Waals surface area contributed by atoms with Gasteiger partial charge in [-0.05, 0) is 5.92 Å². The summed E-state index contributed by atoms with van der Waals surface area (Å²) in [6, 6.07) is 19.4. The maximum Gasteiger partial charge on any atom is 0.330 e. The lowest BCUT2D eigenvalue weighted by atomic mass is 9.97. The van der Waals surface area contributed by atoms with Gasteiger partial charge in [-0.2, -0.15) is 0 Å². The van der Waals surface area contributed by atoms with Crippen LogP contribution in [0.4, 0.5) is 0 Å². The molecule has 0 N–H and O–H groups in total. The molecule has 0 saturated heterocycles. The molecule has 2 aromatic rings. The van der Waals surface area contributed by atoms with Gasteiger partial charge in [0, 0.05) is 11.1 Å². The smallest absolute Gasteiger partial charge is 0.330 e. The van der Waals surface area contributed by atoms with E-state index in [9.17, 15) is 4.79 Å². The van der Waals surface area contributed by atoms with Crippen molar-refractivity contribution >= 4 is 11.7 Å². The third-order valence-corrected chi connectivity index (χ3v) is 3.99. The molecule has 0 unspecified atom stereocenters. The van der Waals surface area contributed by atoms with Crippen molar-refractivity contribution in [2.24, 2.45) is 10.9 Å². The number of esters is 1. The first-order valence-electron chi connectivity index (χ1n) is 7.93. The van der Waals surface area contributed by atoms with E-state index < -0.39 is 6.04 Å². The number of carbonyl (C=O) groups is 1. The van der Waals surface area contributed by atoms with Gasteiger partial charge >= 0.3 is 5.97 Å². The van der Waals surface area contributed by atoms with E-state index in [4.69, 9.17) is 9.73 Å². The molecule has 0 heterocycles. The molecule has 23 heavy (non-hydrogen) atoms. The summed E-state index contributed by atoms with van der Waals surface area (Å²) in [5.74, 6) is -0.173. The minimum atomic E-state index is -0.500. The zero-order chi connectivity index (χ0) is 16.7. The second-order valence-corrected chi connectivity index (χ2v) is 5.56. The summed E-state index contributed by atoms with van der Waals surface area (Å²) in [5.41, 5.74) is 2.81. The Kier molecular flexibility index (Phi) is 6.10. The van der Waals surface area contributed by atoms with Crippen molar-refractivity contribution in [3.63, 3.8) is 0 Å². The Morgan fingerprint density at radius 2 is 1.48 bits per heavy atom. The first kappa shape index (κ1) is 16.9. The van der Waals surface area contributed by atoms with Crippen LogP contribution in [0.3, 0.4) is 0 Å². The predicted molar refractivity (Wildman–Crippen MR) is 93.8 cm³/mol. The van der Waals surface area contributed by atoms with Crippen LogP contribution in [0.5, 0.6) is 0 Å². The van der Waals surface area contributed by atoms with Gasteiger partial charge in [0.15, 0.2) is 6.04 Å². The van der Waals surface area contributed by atoms with E-state index in [1.165, 1.54) is 7.11 Å². The molecule has 2 rings (SSSR count). The number of carbonyl (C=O) groups excluding carboxylic acids is 1. The van der Waals surface area contributed by atoms with Crippen molar-refractivity contribution in [3.8, 4) is 0 Å². The summed E-state index contributed by atoms with van der Waals surface area (Å²) in [5, 5.41) is 0. The maximum absolute atomic E-state index is 12.2. The molecule has 0 radical (unpaired) electrons. The highest BCUT2D eigenvalue weighted by atomic mass is 16.5. The Labute approximate surface area is 138 Å². The molecule has 0 fully saturated rings. The normalized spacial score (nSPS) is 13.0. The fourth-order valence-electron chi connectivity index (χ4n) is 2.40. The molecule has 0 bridgehead atoms. The minimum absolute atomic E-state index is 0.116. The van der Waals surface area contributed by atoms with Gasteiger partial charge in [-0.25, -0.2) is 4.79 Å². The number of ether oxygens (including phenoxy) is 1. The van der Waals surface area contributed by atoms with Crippen LogP contribution in [0.25, 0.3) is 0 Å². The van der Waals surface area contributed by atoms with Crippen LogP contribution in [0, 0.1) is 5.92 Å². The molecule has 0 aliphatic rings. The monoisotopic (exact) mass is 309 g/mol. The highest BCUT2D eigenvalue weighted by molar-refractivity contribution is 6.13. The molecule has 0 spiro atoms. The van der Waals surface area contributed by atoms with Gasteiger partial charge in [0.25, 0.3) is 0 Å². The zero-order valence-corrected chi connectivity index (χ0v) is 13.9. The first-order chi connectivity index (χ1) is 11.2. The van der Waals surface area contributed by atoms with E-state index >= 15 is 0 Å². The lowest BCUT2D eigenvalue weighted by Crippen LogP contribution is -2.29. The van der Waals surface area contributed by atoms with Gasteiger partial charge in [-0.15, -0.1) is 0 Å². The van der Waals surface area contributed by atoms with E-state index in [2.05, 4.69) is 6.92 Å². The molecule has 3 nitrogen and oxygen atoms in total. The quantitative estimate of drug-likeness (QED) is 0.595. The highest BCUT2D eigenvalue weighted by Gasteiger charge is 2.25. The highest BCUT2D eigenvalue weighted by Crippen LogP contribution is 2.18. The van der Waals surface area contributed by atoms with Gasteiger partial charge in [-0.1, -0.05) is 80.9 Å². The van der Waals surface area contributed by atoms with E-state index in [0.29, 0.717) is 0 Å². The number of aliphatic imine (C=N–C) groups is 1. The van der Waals surface area contributed by atoms with Crippen molar-refractivity contribution in [3.05, 3.63) is 71.8 Å². The maximum atomic E-state index is 12.2. The predicted octanol–water partition coefficient (Wildman–Crippen LogP) is 4.11. The Hall–Kier alpha value is -2.42. The van der Waals surface area contributed by atoms with E-state index in [0.717, 1.165) is 23.3 Å². The number of hydrogen-bond donors (Lipinski definition) is 0. The van der Waals surface area contributed by atoms with Crippen molar-refractivity contribution in [2.75, 3.05) is 7.11 Å². The second-order valence-electron chi connectivity index (χ2n) is 5.56. The summed E-state index contributed by atoms with van der Waals surface area (Å²) in [4.78, 5) is 17.0. The van der Waals surface area contributed by atoms with Crippen molar-refractivity contribution in [2.45, 2.75) is 26.3 Å². The van der Waals surface area contributed by atoms with E-state index in [1.54, 1.807) is 0 Å². The number of benzene rings is 2. The van der Waals surface area contributed by atoms with Gasteiger partial charge in [0.1, 0.15) is 0 Å². The third kappa shape index (κ3) is 4.28. The van der Waals surface area contributed by atoms with Gasteiger partial charge in [0.05, 0.1) is 12.8 Å². The molecular weight excluding hydrogens is 286 g/mol. The van der Waals surface area contributed by atoms with Crippen LogP contribution in [0.1, 0.15) is 31.4 Å². The second kappa shape index (κ2) is 8.28. The van der Waals surface area contributed by atoms with Crippen LogP contribution in [0.2, 0.25) is 0 Å². The summed E-state index contributed by atoms with van der Waals surface area (Å²) in [6.07, 6.45) is 0.861. The number of nitrogens with zero attached hydrogens (tertiary/aromatic N) is 1. The van der Waals surface area contributed by atoms with Crippen molar-refractivity contribution in [1.29, 1.82) is 0 Å². The lowest BCUT2D eigenvalue weighted by Gasteiger charge is -2.19. The number of methoxy groups -OCH3 is 1. The van der Waals surface area contributed by atoms with E-state index in [-0.39, 0.29) is 11.9 Å². The number of rotatable bonds is 6. The summed E-state index contributed by atoms with van der Waals surface area (Å²) < 4.78 is 4.96. The van der Waals surface area contributed by atoms with Gasteiger partial charge in [0.2, 0.25) is 0 Å². The zero-order valence-electron chi connectivity index (χ0n) is 13.9. The molecule has 0 aliphatic heterocycles. The van der Waals surface area contributed by atoms with Crippen LogP contribution >= 0.6 is 0 Å². The average Bonchev–Trinajstić information content (AvgIpc) is 2.63. The Morgan fingerprint density at radius 1 is 1.00 bits per heavy atom. The van der Waals surface area contributed by atoms with Crippen molar-refractivity contribution < 1.29 is 9.53 Å². The van der Waals surface area contributed by atoms with Crippen LogP contribution in [0.15, 0.2) is 65.7 Å².